The summed E-state index contributed by atoms with van der Waals surface area (Å²) in [5, 5.41) is 49.0. The highest BCUT2D eigenvalue weighted by atomic mass is 16.4. The molecule has 13 atom stereocenters. The summed E-state index contributed by atoms with van der Waals surface area (Å²) in [6, 6.07) is 1.58. The molecule has 636 valence electrons. The van der Waals surface area contributed by atoms with E-state index >= 15 is 4.79 Å². The summed E-state index contributed by atoms with van der Waals surface area (Å²) in [5.74, 6) is -14.2. The number of Topliss-reactive ketones (excluding diaryl/α,β-unsaturated/α-hetero) is 1. The van der Waals surface area contributed by atoms with Crippen LogP contribution < -0.4 is 110 Å². The van der Waals surface area contributed by atoms with Gasteiger partial charge < -0.3 is 120 Å². The third-order valence-electron chi connectivity index (χ3n) is 19.1. The zero-order chi connectivity index (χ0) is 85.0. The minimum absolute atomic E-state index is 0.00218. The van der Waals surface area contributed by atoms with Crippen LogP contribution in [0.3, 0.4) is 0 Å². The number of phenolic OH excluding ortho intramolecular Hbond substituents is 1. The number of ketones is 1. The van der Waals surface area contributed by atoms with Gasteiger partial charge in [-0.3, -0.25) is 72.5 Å². The molecule has 1 saturated carbocycles. The molecule has 2 aromatic rings. The van der Waals surface area contributed by atoms with Gasteiger partial charge >= 0.3 is 5.97 Å². The van der Waals surface area contributed by atoms with E-state index in [-0.39, 0.29) is 158 Å². The standard InChI is InChI=1S/C76H127N23O15/c1-7-45(6)62(72(112)92-52(25-16-34-86-74(80)81)63(103)49-21-15-22-50(49)64(104)93-53(23-11-13-32-77)67(107)97-58(38-44(4)5)70(110)96-56(73(113)114)24-12-14-33-78)99-68(108)55(27-18-36-88-76(84)85)94-66(106)54(26-17-35-87-75(82)83)95-69(109)57(37-43(2)3)98-71(111)59(40-46-19-9-8-10-20-46)91-61(102)42-89-60(101)41-90-65(105)51(79)39-47-28-30-48(100)31-29-47/h8-10,19-20,28-31,43-45,49-59,62,100H,7,11-18,21-27,32-42,77-79H2,1-6H3,(H,89,101)(H,90,105)(H,91,102)(H,92,112)(H,93,104)(H,94,106)(H,95,109)(H,96,110)(H,97,107)(H,98,111)(H,99,108)(H,113,114)(H4,80,81,86)(H4,82,83,87)(H4,84,85,88)/t45-,49?,50+,51-,52-,53-,54-,55-,56-,57-,58-,59-,62-/m0/s1. The van der Waals surface area contributed by atoms with Crippen LogP contribution in [0.2, 0.25) is 0 Å². The second-order valence-electron chi connectivity index (χ2n) is 29.6. The SMILES string of the molecule is CC[C@H](C)[C@H](NC(=O)[C@H](CCCN=C(N)N)NC(=O)[C@H](CCCN=C(N)N)NC(=O)[C@H](CC(C)C)NC(=O)[C@H](Cc1ccccc1)NC(=O)CNC(=O)CNC(=O)[C@@H](N)Cc1ccc(O)cc1)C(=O)N[C@@H](CCCN=C(N)N)C(=O)C1CCC[C@H]1C(=O)N[C@@H](CCCCN)C(=O)N[C@@H](CC(C)C)C(=O)N[C@@H](CCCCN)C(=O)O. The number of hydrogen-bond donors (Lipinski definition) is 22. The number of carbonyl (C=O) groups is 13. The van der Waals surface area contributed by atoms with Crippen molar-refractivity contribution in [2.45, 2.75) is 230 Å². The number of carbonyl (C=O) groups excluding carboxylic acids is 12. The highest BCUT2D eigenvalue weighted by molar-refractivity contribution is 6.00. The van der Waals surface area contributed by atoms with E-state index in [1.54, 1.807) is 70.2 Å². The highest BCUT2D eigenvalue weighted by Gasteiger charge is 2.43. The van der Waals surface area contributed by atoms with E-state index in [4.69, 9.17) is 51.6 Å². The molecular formula is C76H127N23O15. The number of unbranched alkanes of at least 4 members (excludes halogenated alkanes) is 2. The van der Waals surface area contributed by atoms with Crippen LogP contribution in [-0.4, -0.2) is 211 Å². The van der Waals surface area contributed by atoms with Crippen LogP contribution in [-0.2, 0) is 75.2 Å². The van der Waals surface area contributed by atoms with Gasteiger partial charge in [0.1, 0.15) is 54.1 Å². The third-order valence-corrected chi connectivity index (χ3v) is 19.1. The van der Waals surface area contributed by atoms with Crippen LogP contribution in [0.1, 0.15) is 168 Å². The lowest BCUT2D eigenvalue weighted by molar-refractivity contribution is -0.142. The van der Waals surface area contributed by atoms with Gasteiger partial charge in [0.2, 0.25) is 65.0 Å². The largest absolute Gasteiger partial charge is 0.508 e. The van der Waals surface area contributed by atoms with E-state index in [2.05, 4.69) is 73.5 Å². The van der Waals surface area contributed by atoms with Gasteiger partial charge in [-0.25, -0.2) is 4.79 Å². The van der Waals surface area contributed by atoms with Crippen molar-refractivity contribution in [1.29, 1.82) is 0 Å². The van der Waals surface area contributed by atoms with Crippen molar-refractivity contribution in [3.05, 3.63) is 65.7 Å². The fourth-order valence-electron chi connectivity index (χ4n) is 12.8. The first-order chi connectivity index (χ1) is 54.1. The fraction of sp³-hybridized carbons (Fsp3) is 0.632. The first-order valence-electron chi connectivity index (χ1n) is 39.2. The van der Waals surface area contributed by atoms with Crippen LogP contribution in [0.25, 0.3) is 0 Å². The molecule has 0 aromatic heterocycles. The Hall–Kier alpha value is -10.8. The van der Waals surface area contributed by atoms with Gasteiger partial charge in [0.15, 0.2) is 23.7 Å². The Morgan fingerprint density at radius 3 is 1.33 bits per heavy atom. The van der Waals surface area contributed by atoms with Crippen molar-refractivity contribution in [2.75, 3.05) is 45.8 Å². The Balaban J connectivity index is 1.97. The molecular weight excluding hydrogens is 1470 g/mol. The molecule has 1 aliphatic carbocycles. The molecule has 0 bridgehead atoms. The summed E-state index contributed by atoms with van der Waals surface area (Å²) in [5.41, 5.74) is 52.7. The number of nitrogens with two attached hydrogens (primary N) is 9. The van der Waals surface area contributed by atoms with Crippen LogP contribution >= 0.6 is 0 Å². The lowest BCUT2D eigenvalue weighted by Crippen LogP contribution is -2.60. The molecule has 38 nitrogen and oxygen atoms in total. The number of aliphatic imine (C=N–C) groups is 3. The summed E-state index contributed by atoms with van der Waals surface area (Å²) in [7, 11) is 0. The van der Waals surface area contributed by atoms with Crippen molar-refractivity contribution < 1.29 is 72.5 Å². The average Bonchev–Trinajstić information content (AvgIpc) is 1.60. The normalized spacial score (nSPS) is 16.0. The van der Waals surface area contributed by atoms with Crippen molar-refractivity contribution in [3.63, 3.8) is 0 Å². The monoisotopic (exact) mass is 1600 g/mol. The van der Waals surface area contributed by atoms with Crippen LogP contribution in [0.15, 0.2) is 69.6 Å². The van der Waals surface area contributed by atoms with Crippen molar-refractivity contribution in [3.8, 4) is 5.75 Å². The second kappa shape index (κ2) is 52.5. The van der Waals surface area contributed by atoms with Crippen molar-refractivity contribution >= 4 is 94.6 Å². The van der Waals surface area contributed by atoms with Gasteiger partial charge in [-0.05, 0) is 163 Å². The van der Waals surface area contributed by atoms with Gasteiger partial charge in [0.05, 0.1) is 25.2 Å². The maximum atomic E-state index is 15.1. The summed E-state index contributed by atoms with van der Waals surface area (Å²) >= 11 is 0. The second-order valence-corrected chi connectivity index (χ2v) is 29.6. The van der Waals surface area contributed by atoms with Crippen molar-refractivity contribution in [2.24, 2.45) is 96.2 Å². The van der Waals surface area contributed by atoms with E-state index < -0.39 is 168 Å². The number of nitrogens with one attached hydrogen (secondary N) is 11. The maximum absolute atomic E-state index is 15.1. The molecule has 1 fully saturated rings. The lowest BCUT2D eigenvalue weighted by atomic mass is 9.85. The minimum Gasteiger partial charge on any atom is -0.508 e. The van der Waals surface area contributed by atoms with E-state index in [0.717, 1.165) is 0 Å². The van der Waals surface area contributed by atoms with Gasteiger partial charge in [0.25, 0.3) is 0 Å². The lowest BCUT2D eigenvalue weighted by Gasteiger charge is -2.30. The molecule has 31 N–H and O–H groups in total. The number of rotatable bonds is 55. The predicted molar refractivity (Wildman–Crippen MR) is 431 cm³/mol. The number of carboxylic acid groups (broad SMARTS) is 1. The molecule has 1 unspecified atom stereocenters. The number of nitrogens with zero attached hydrogens (tertiary/aromatic N) is 3. The molecule has 0 heterocycles. The van der Waals surface area contributed by atoms with Crippen molar-refractivity contribution in [1.82, 2.24) is 58.5 Å². The Morgan fingerprint density at radius 1 is 0.439 bits per heavy atom. The number of aliphatic carboxylic acids is 1. The smallest absolute Gasteiger partial charge is 0.326 e. The number of hydrogen-bond acceptors (Lipinski definition) is 20. The average molecular weight is 1600 g/mol. The number of amides is 11. The van der Waals surface area contributed by atoms with E-state index in [9.17, 15) is 67.7 Å². The highest BCUT2D eigenvalue weighted by Crippen LogP contribution is 2.34. The molecule has 114 heavy (non-hydrogen) atoms. The minimum atomic E-state index is -1.48. The number of carboxylic acids is 1. The molecule has 0 saturated heterocycles. The first-order valence-corrected chi connectivity index (χ1v) is 39.2. The third kappa shape index (κ3) is 37.7. The molecule has 2 aromatic carbocycles. The number of phenols is 1. The van der Waals surface area contributed by atoms with Crippen LogP contribution in [0.5, 0.6) is 5.75 Å². The predicted octanol–water partition coefficient (Wildman–Crippen LogP) is -3.27. The summed E-state index contributed by atoms with van der Waals surface area (Å²) in [4.78, 5) is 195. The molecule has 0 spiro atoms. The zero-order valence-electron chi connectivity index (χ0n) is 66.7. The molecule has 0 aliphatic heterocycles. The molecule has 1 aliphatic rings. The number of aromatic hydroxyl groups is 1. The maximum Gasteiger partial charge on any atom is 0.326 e. The van der Waals surface area contributed by atoms with E-state index in [1.807, 2.05) is 13.8 Å². The summed E-state index contributed by atoms with van der Waals surface area (Å²) in [6.07, 6.45) is 3.19. The zero-order valence-corrected chi connectivity index (χ0v) is 66.7. The summed E-state index contributed by atoms with van der Waals surface area (Å²) < 4.78 is 0. The van der Waals surface area contributed by atoms with Gasteiger partial charge in [-0.1, -0.05) is 96.8 Å². The van der Waals surface area contributed by atoms with E-state index in [1.165, 1.54) is 12.1 Å². The Morgan fingerprint density at radius 2 is 0.851 bits per heavy atom. The fourth-order valence-corrected chi connectivity index (χ4v) is 12.8. The number of guanidine groups is 3. The molecule has 11 amide bonds. The van der Waals surface area contributed by atoms with E-state index in [0.29, 0.717) is 49.8 Å². The quantitative estimate of drug-likeness (QED) is 0.0175. The Bertz CT molecular complexity index is 3520. The summed E-state index contributed by atoms with van der Waals surface area (Å²) in [6.45, 7) is 10.0. The van der Waals surface area contributed by atoms with Gasteiger partial charge in [-0.2, -0.15) is 0 Å². The van der Waals surface area contributed by atoms with Crippen LogP contribution in [0.4, 0.5) is 0 Å². The first kappa shape index (κ1) is 97.4. The van der Waals surface area contributed by atoms with Gasteiger partial charge in [0, 0.05) is 37.9 Å². The molecule has 38 heteroatoms. The topological polar surface area (TPSA) is 666 Å². The van der Waals surface area contributed by atoms with Gasteiger partial charge in [-0.15, -0.1) is 0 Å². The Kier molecular flexibility index (Phi) is 44.9. The number of benzene rings is 2. The molecule has 3 rings (SSSR count). The van der Waals surface area contributed by atoms with Crippen LogP contribution in [0, 0.1) is 29.6 Å². The Labute approximate surface area is 666 Å². The molecule has 0 radical (unpaired) electrons.